The Morgan fingerprint density at radius 3 is 2.73 bits per heavy atom. The van der Waals surface area contributed by atoms with Crippen LogP contribution in [0, 0.1) is 0 Å². The van der Waals surface area contributed by atoms with Crippen molar-refractivity contribution in [3.63, 3.8) is 0 Å². The number of rotatable bonds is 4. The van der Waals surface area contributed by atoms with Crippen molar-refractivity contribution in [1.82, 2.24) is 5.32 Å². The summed E-state index contributed by atoms with van der Waals surface area (Å²) in [6.45, 7) is 3.05. The van der Waals surface area contributed by atoms with Crippen molar-refractivity contribution in [2.75, 3.05) is 11.4 Å². The van der Waals surface area contributed by atoms with Crippen LogP contribution in [0.4, 0.5) is 5.69 Å². The molecule has 1 unspecified atom stereocenters. The summed E-state index contributed by atoms with van der Waals surface area (Å²) >= 11 is 0. The molecule has 1 atom stereocenters. The molecule has 1 aliphatic heterocycles. The molecule has 116 valence electrons. The van der Waals surface area contributed by atoms with Crippen LogP contribution in [-0.4, -0.2) is 36.3 Å². The molecule has 1 aromatic rings. The quantitative estimate of drug-likeness (QED) is 0.850. The molecule has 2 aliphatic rings. The molecule has 3 rings (SSSR count). The minimum atomic E-state index is -0.649. The lowest BCUT2D eigenvalue weighted by Crippen LogP contribution is -2.49. The topological polar surface area (TPSA) is 75.7 Å². The lowest BCUT2D eigenvalue weighted by Gasteiger charge is -2.32. The zero-order valence-electron chi connectivity index (χ0n) is 12.6. The molecule has 0 spiro atoms. The summed E-state index contributed by atoms with van der Waals surface area (Å²) in [5, 5.41) is 2.86. The number of Topliss-reactive ketones (excluding diaryl/α,β-unsaturated/α-hetero) is 1. The fourth-order valence-corrected chi connectivity index (χ4v) is 2.43. The lowest BCUT2D eigenvalue weighted by molar-refractivity contribution is -0.128. The lowest BCUT2D eigenvalue weighted by atomic mass is 10.1. The number of hydrogen-bond acceptors (Lipinski definition) is 4. The van der Waals surface area contributed by atoms with Crippen molar-refractivity contribution in [2.45, 2.75) is 38.8 Å². The summed E-state index contributed by atoms with van der Waals surface area (Å²) in [5.41, 5.74) is 0.957. The van der Waals surface area contributed by atoms with E-state index in [0.717, 1.165) is 12.8 Å². The summed E-state index contributed by atoms with van der Waals surface area (Å²) in [4.78, 5) is 37.3. The zero-order chi connectivity index (χ0) is 15.9. The highest BCUT2D eigenvalue weighted by molar-refractivity contribution is 6.05. The van der Waals surface area contributed by atoms with E-state index in [1.807, 2.05) is 0 Å². The van der Waals surface area contributed by atoms with E-state index in [0.29, 0.717) is 17.0 Å². The Bertz CT molecular complexity index is 652. The second kappa shape index (κ2) is 5.44. The number of carbonyl (C=O) groups excluding carboxylic acids is 3. The van der Waals surface area contributed by atoms with Gasteiger partial charge in [-0.25, -0.2) is 0 Å². The van der Waals surface area contributed by atoms with Crippen LogP contribution < -0.4 is 15.0 Å². The van der Waals surface area contributed by atoms with Gasteiger partial charge < -0.3 is 10.1 Å². The molecule has 6 nitrogen and oxygen atoms in total. The molecule has 22 heavy (non-hydrogen) atoms. The molecule has 1 aliphatic carbocycles. The minimum absolute atomic E-state index is 0.0581. The van der Waals surface area contributed by atoms with Gasteiger partial charge >= 0.3 is 0 Å². The average Bonchev–Trinajstić information content (AvgIpc) is 3.27. The number of ether oxygens (including phenoxy) is 1. The summed E-state index contributed by atoms with van der Waals surface area (Å²) in [5.74, 6) is -0.0594. The molecule has 1 aromatic carbocycles. The number of ketones is 1. The number of fused-ring (bicyclic) bond motifs is 1. The van der Waals surface area contributed by atoms with Gasteiger partial charge in [0.2, 0.25) is 5.91 Å². The van der Waals surface area contributed by atoms with Crippen LogP contribution in [0.2, 0.25) is 0 Å². The first-order chi connectivity index (χ1) is 10.5. The average molecular weight is 302 g/mol. The Kier molecular flexibility index (Phi) is 3.60. The van der Waals surface area contributed by atoms with Gasteiger partial charge in [0, 0.05) is 11.6 Å². The predicted molar refractivity (Wildman–Crippen MR) is 80.1 cm³/mol. The number of amides is 2. The Balaban J connectivity index is 1.89. The first-order valence-corrected chi connectivity index (χ1v) is 7.38. The van der Waals surface area contributed by atoms with Gasteiger partial charge in [0.25, 0.3) is 5.91 Å². The summed E-state index contributed by atoms with van der Waals surface area (Å²) < 4.78 is 5.55. The molecule has 0 radical (unpaired) electrons. The van der Waals surface area contributed by atoms with E-state index < -0.39 is 6.10 Å². The number of anilines is 1. The van der Waals surface area contributed by atoms with Gasteiger partial charge in [-0.3, -0.25) is 19.3 Å². The van der Waals surface area contributed by atoms with Crippen molar-refractivity contribution in [2.24, 2.45) is 0 Å². The van der Waals surface area contributed by atoms with Gasteiger partial charge in [0.05, 0.1) is 5.69 Å². The van der Waals surface area contributed by atoms with Crippen LogP contribution >= 0.6 is 0 Å². The van der Waals surface area contributed by atoms with Gasteiger partial charge in [-0.2, -0.15) is 0 Å². The molecule has 1 N–H and O–H groups in total. The monoisotopic (exact) mass is 302 g/mol. The third-order valence-electron chi connectivity index (χ3n) is 3.82. The van der Waals surface area contributed by atoms with E-state index in [4.69, 9.17) is 4.74 Å². The summed E-state index contributed by atoms with van der Waals surface area (Å²) in [6.07, 6.45) is 1.33. The number of nitrogens with one attached hydrogen (secondary N) is 1. The fraction of sp³-hybridized carbons (Fsp3) is 0.438. The van der Waals surface area contributed by atoms with Gasteiger partial charge in [-0.05, 0) is 44.9 Å². The van der Waals surface area contributed by atoms with Gasteiger partial charge in [-0.1, -0.05) is 0 Å². The molecule has 1 saturated carbocycles. The molecular weight excluding hydrogens is 284 g/mol. The second-order valence-electron chi connectivity index (χ2n) is 5.76. The molecule has 0 bridgehead atoms. The Morgan fingerprint density at radius 1 is 1.36 bits per heavy atom. The minimum Gasteiger partial charge on any atom is -0.479 e. The van der Waals surface area contributed by atoms with Crippen LogP contribution in [0.3, 0.4) is 0 Å². The van der Waals surface area contributed by atoms with Gasteiger partial charge in [0.1, 0.15) is 12.3 Å². The fourth-order valence-electron chi connectivity index (χ4n) is 2.43. The third-order valence-corrected chi connectivity index (χ3v) is 3.82. The van der Waals surface area contributed by atoms with E-state index in [2.05, 4.69) is 5.32 Å². The van der Waals surface area contributed by atoms with Crippen molar-refractivity contribution < 1.29 is 19.1 Å². The number of carbonyl (C=O) groups is 3. The Hall–Kier alpha value is -2.37. The first kappa shape index (κ1) is 14.6. The van der Waals surface area contributed by atoms with E-state index in [-0.39, 0.29) is 30.2 Å². The molecule has 0 saturated heterocycles. The van der Waals surface area contributed by atoms with Crippen molar-refractivity contribution >= 4 is 23.3 Å². The van der Waals surface area contributed by atoms with Crippen LogP contribution in [0.15, 0.2) is 18.2 Å². The predicted octanol–water partition coefficient (Wildman–Crippen LogP) is 1.28. The maximum Gasteiger partial charge on any atom is 0.268 e. The standard InChI is InChI=1S/C16H18N2O4/c1-9(19)11-3-6-14-13(7-11)18(16(21)10(2)22-14)8-15(20)17-12-4-5-12/h3,6-7,10,12H,4-5,8H2,1-2H3,(H,17,20). The van der Waals surface area contributed by atoms with Crippen LogP contribution in [0.5, 0.6) is 5.75 Å². The number of benzene rings is 1. The van der Waals surface area contributed by atoms with E-state index in [1.165, 1.54) is 11.8 Å². The smallest absolute Gasteiger partial charge is 0.268 e. The van der Waals surface area contributed by atoms with Crippen LogP contribution in [-0.2, 0) is 9.59 Å². The van der Waals surface area contributed by atoms with Crippen molar-refractivity contribution in [3.05, 3.63) is 23.8 Å². The zero-order valence-corrected chi connectivity index (χ0v) is 12.6. The normalized spacial score (nSPS) is 20.2. The van der Waals surface area contributed by atoms with E-state index in [9.17, 15) is 14.4 Å². The summed E-state index contributed by atoms with van der Waals surface area (Å²) in [7, 11) is 0. The van der Waals surface area contributed by atoms with Crippen molar-refractivity contribution in [3.8, 4) is 5.75 Å². The van der Waals surface area contributed by atoms with Crippen LogP contribution in [0.1, 0.15) is 37.0 Å². The Morgan fingerprint density at radius 2 is 2.09 bits per heavy atom. The maximum absolute atomic E-state index is 12.3. The van der Waals surface area contributed by atoms with Gasteiger partial charge in [-0.15, -0.1) is 0 Å². The maximum atomic E-state index is 12.3. The number of nitrogens with zero attached hydrogens (tertiary/aromatic N) is 1. The molecule has 0 aromatic heterocycles. The molecular formula is C16H18N2O4. The summed E-state index contributed by atoms with van der Waals surface area (Å²) in [6, 6.07) is 5.17. The first-order valence-electron chi connectivity index (χ1n) is 7.38. The van der Waals surface area contributed by atoms with Crippen LogP contribution in [0.25, 0.3) is 0 Å². The van der Waals surface area contributed by atoms with E-state index >= 15 is 0 Å². The second-order valence-corrected chi connectivity index (χ2v) is 5.76. The third kappa shape index (κ3) is 2.81. The number of hydrogen-bond donors (Lipinski definition) is 1. The van der Waals surface area contributed by atoms with E-state index in [1.54, 1.807) is 25.1 Å². The molecule has 1 fully saturated rings. The highest BCUT2D eigenvalue weighted by Crippen LogP contribution is 2.35. The molecule has 1 heterocycles. The molecule has 6 heteroatoms. The highest BCUT2D eigenvalue weighted by atomic mass is 16.5. The van der Waals surface area contributed by atoms with Crippen molar-refractivity contribution in [1.29, 1.82) is 0 Å². The SMILES string of the molecule is CC(=O)c1ccc2c(c1)N(CC(=O)NC1CC1)C(=O)C(C)O2. The van der Waals surface area contributed by atoms with Gasteiger partial charge in [0.15, 0.2) is 11.9 Å². The largest absolute Gasteiger partial charge is 0.479 e. The molecule has 2 amide bonds. The Labute approximate surface area is 128 Å². The highest BCUT2D eigenvalue weighted by Gasteiger charge is 2.34.